The third kappa shape index (κ3) is 3.67. The van der Waals surface area contributed by atoms with Gasteiger partial charge in [-0.2, -0.15) is 0 Å². The molecular weight excluding hydrogens is 258 g/mol. The summed E-state index contributed by atoms with van der Waals surface area (Å²) in [6.45, 7) is 5.22. The van der Waals surface area contributed by atoms with E-state index >= 15 is 0 Å². The molecule has 0 bridgehead atoms. The van der Waals surface area contributed by atoms with Crippen LogP contribution in [0.4, 0.5) is 0 Å². The average molecular weight is 287 g/mol. The number of fused-ring (bicyclic) bond motifs is 1. The first kappa shape index (κ1) is 15.1. The highest BCUT2D eigenvalue weighted by Gasteiger charge is 2.28. The molecule has 1 aromatic carbocycles. The van der Waals surface area contributed by atoms with Gasteiger partial charge in [-0.1, -0.05) is 31.2 Å². The van der Waals surface area contributed by atoms with Crippen LogP contribution in [0.25, 0.3) is 0 Å². The Morgan fingerprint density at radius 1 is 1.19 bits per heavy atom. The maximum absolute atomic E-state index is 5.55. The quantitative estimate of drug-likeness (QED) is 0.887. The maximum Gasteiger partial charge on any atom is 0.0469 e. The number of nitrogens with one attached hydrogen (secondary N) is 1. The molecule has 0 radical (unpaired) electrons. The lowest BCUT2D eigenvalue weighted by atomic mass is 9.76. The highest BCUT2D eigenvalue weighted by molar-refractivity contribution is 5.32. The largest absolute Gasteiger partial charge is 0.381 e. The van der Waals surface area contributed by atoms with Crippen LogP contribution in [0.15, 0.2) is 24.3 Å². The number of hydrogen-bond acceptors (Lipinski definition) is 2. The second-order valence-electron chi connectivity index (χ2n) is 6.64. The molecule has 1 aliphatic carbocycles. The zero-order valence-corrected chi connectivity index (χ0v) is 13.3. The van der Waals surface area contributed by atoms with E-state index in [9.17, 15) is 0 Å². The molecule has 0 aromatic heterocycles. The van der Waals surface area contributed by atoms with Gasteiger partial charge in [0.25, 0.3) is 0 Å². The van der Waals surface area contributed by atoms with Gasteiger partial charge in [-0.3, -0.25) is 0 Å². The van der Waals surface area contributed by atoms with Crippen molar-refractivity contribution in [2.45, 2.75) is 57.4 Å². The molecule has 1 aliphatic heterocycles. The molecular formula is C19H29NO. The van der Waals surface area contributed by atoms with E-state index in [1.807, 2.05) is 0 Å². The van der Waals surface area contributed by atoms with Crippen molar-refractivity contribution >= 4 is 0 Å². The summed E-state index contributed by atoms with van der Waals surface area (Å²) in [5.41, 5.74) is 3.22. The van der Waals surface area contributed by atoms with Crippen LogP contribution < -0.4 is 5.32 Å². The first-order chi connectivity index (χ1) is 10.4. The van der Waals surface area contributed by atoms with E-state index in [1.54, 1.807) is 11.1 Å². The van der Waals surface area contributed by atoms with Crippen molar-refractivity contribution < 1.29 is 4.74 Å². The van der Waals surface area contributed by atoms with Gasteiger partial charge in [0, 0.05) is 19.3 Å². The Hall–Kier alpha value is -0.860. The van der Waals surface area contributed by atoms with Crippen LogP contribution in [0, 0.1) is 5.92 Å². The van der Waals surface area contributed by atoms with Crippen LogP contribution in [-0.4, -0.2) is 25.8 Å². The molecule has 1 N–H and O–H groups in total. The summed E-state index contributed by atoms with van der Waals surface area (Å²) in [5.74, 6) is 1.55. The summed E-state index contributed by atoms with van der Waals surface area (Å²) >= 11 is 0. The molecule has 2 heteroatoms. The van der Waals surface area contributed by atoms with E-state index in [4.69, 9.17) is 4.74 Å². The predicted octanol–water partition coefficient (Wildman–Crippen LogP) is 3.90. The van der Waals surface area contributed by atoms with Crippen LogP contribution in [0.1, 0.15) is 56.1 Å². The third-order valence-corrected chi connectivity index (χ3v) is 5.33. The number of hydrogen-bond donors (Lipinski definition) is 1. The van der Waals surface area contributed by atoms with E-state index in [0.717, 1.165) is 31.6 Å². The Morgan fingerprint density at radius 3 is 2.81 bits per heavy atom. The standard InChI is InChI=1S/C19H29NO/c1-2-20-19(16-10-12-21-13-11-16)14-17-8-5-7-15-6-3-4-9-18(15)17/h3-4,6,9,16-17,19-20H,2,5,7-8,10-14H2,1H3. The van der Waals surface area contributed by atoms with E-state index < -0.39 is 0 Å². The Kier molecular flexibility index (Phi) is 5.32. The van der Waals surface area contributed by atoms with E-state index in [0.29, 0.717) is 6.04 Å². The number of benzene rings is 1. The normalized spacial score (nSPS) is 24.5. The second kappa shape index (κ2) is 7.42. The molecule has 2 nitrogen and oxygen atoms in total. The van der Waals surface area contributed by atoms with Crippen LogP contribution in [0.3, 0.4) is 0 Å². The van der Waals surface area contributed by atoms with Crippen molar-refractivity contribution in [1.82, 2.24) is 5.32 Å². The van der Waals surface area contributed by atoms with Gasteiger partial charge in [-0.05, 0) is 68.0 Å². The highest BCUT2D eigenvalue weighted by atomic mass is 16.5. The fourth-order valence-electron chi connectivity index (χ4n) is 4.23. The first-order valence-corrected chi connectivity index (χ1v) is 8.77. The summed E-state index contributed by atoms with van der Waals surface area (Å²) < 4.78 is 5.55. The summed E-state index contributed by atoms with van der Waals surface area (Å²) in [6, 6.07) is 9.77. The smallest absolute Gasteiger partial charge is 0.0469 e. The van der Waals surface area contributed by atoms with Crippen molar-refractivity contribution in [1.29, 1.82) is 0 Å². The fraction of sp³-hybridized carbons (Fsp3) is 0.684. The average Bonchev–Trinajstić information content (AvgIpc) is 2.55. The van der Waals surface area contributed by atoms with Gasteiger partial charge < -0.3 is 10.1 Å². The molecule has 0 spiro atoms. The second-order valence-corrected chi connectivity index (χ2v) is 6.64. The molecule has 1 fully saturated rings. The molecule has 2 aliphatic rings. The molecule has 116 valence electrons. The first-order valence-electron chi connectivity index (χ1n) is 8.77. The molecule has 3 rings (SSSR count). The van der Waals surface area contributed by atoms with E-state index in [-0.39, 0.29) is 0 Å². The minimum atomic E-state index is 0.662. The molecule has 1 aromatic rings. The van der Waals surface area contributed by atoms with Crippen molar-refractivity contribution in [2.75, 3.05) is 19.8 Å². The Labute approximate surface area is 129 Å². The van der Waals surface area contributed by atoms with Crippen molar-refractivity contribution in [3.05, 3.63) is 35.4 Å². The van der Waals surface area contributed by atoms with Gasteiger partial charge in [0.1, 0.15) is 0 Å². The Balaban J connectivity index is 1.71. The molecule has 2 atom stereocenters. The van der Waals surface area contributed by atoms with Crippen LogP contribution >= 0.6 is 0 Å². The lowest BCUT2D eigenvalue weighted by Crippen LogP contribution is -2.40. The lowest BCUT2D eigenvalue weighted by molar-refractivity contribution is 0.0515. The predicted molar refractivity (Wildman–Crippen MR) is 87.7 cm³/mol. The number of aryl methyl sites for hydroxylation is 1. The lowest BCUT2D eigenvalue weighted by Gasteiger charge is -2.35. The minimum absolute atomic E-state index is 0.662. The Bertz CT molecular complexity index is 439. The molecule has 1 heterocycles. The van der Waals surface area contributed by atoms with Gasteiger partial charge >= 0.3 is 0 Å². The van der Waals surface area contributed by atoms with E-state index in [1.165, 1.54) is 38.5 Å². The van der Waals surface area contributed by atoms with Crippen LogP contribution in [0.5, 0.6) is 0 Å². The Morgan fingerprint density at radius 2 is 2.00 bits per heavy atom. The van der Waals surface area contributed by atoms with Crippen LogP contribution in [-0.2, 0) is 11.2 Å². The van der Waals surface area contributed by atoms with Crippen molar-refractivity contribution in [2.24, 2.45) is 5.92 Å². The van der Waals surface area contributed by atoms with Crippen LogP contribution in [0.2, 0.25) is 0 Å². The molecule has 1 saturated heterocycles. The van der Waals surface area contributed by atoms with Gasteiger partial charge in [0.05, 0.1) is 0 Å². The van der Waals surface area contributed by atoms with Gasteiger partial charge in [0.2, 0.25) is 0 Å². The number of rotatable bonds is 5. The maximum atomic E-state index is 5.55. The van der Waals surface area contributed by atoms with Gasteiger partial charge in [0.15, 0.2) is 0 Å². The van der Waals surface area contributed by atoms with Crippen molar-refractivity contribution in [3.63, 3.8) is 0 Å². The van der Waals surface area contributed by atoms with Crippen molar-refractivity contribution in [3.8, 4) is 0 Å². The monoisotopic (exact) mass is 287 g/mol. The molecule has 0 amide bonds. The fourth-order valence-corrected chi connectivity index (χ4v) is 4.23. The summed E-state index contributed by atoms with van der Waals surface area (Å²) in [4.78, 5) is 0. The van der Waals surface area contributed by atoms with Gasteiger partial charge in [-0.25, -0.2) is 0 Å². The summed E-state index contributed by atoms with van der Waals surface area (Å²) in [7, 11) is 0. The zero-order chi connectivity index (χ0) is 14.5. The minimum Gasteiger partial charge on any atom is -0.381 e. The molecule has 0 saturated carbocycles. The third-order valence-electron chi connectivity index (χ3n) is 5.33. The highest BCUT2D eigenvalue weighted by Crippen LogP contribution is 2.36. The summed E-state index contributed by atoms with van der Waals surface area (Å²) in [6.07, 6.45) is 7.75. The summed E-state index contributed by atoms with van der Waals surface area (Å²) in [5, 5.41) is 3.77. The molecule has 21 heavy (non-hydrogen) atoms. The van der Waals surface area contributed by atoms with E-state index in [2.05, 4.69) is 36.5 Å². The zero-order valence-electron chi connectivity index (χ0n) is 13.3. The topological polar surface area (TPSA) is 21.3 Å². The SMILES string of the molecule is CCNC(CC1CCCc2ccccc21)C1CCOCC1. The number of ether oxygens (including phenoxy) is 1. The molecule has 2 unspecified atom stereocenters. The van der Waals surface area contributed by atoms with Gasteiger partial charge in [-0.15, -0.1) is 0 Å².